The van der Waals surface area contributed by atoms with E-state index in [1.165, 1.54) is 56.9 Å². The van der Waals surface area contributed by atoms with E-state index >= 15 is 0 Å². The first-order chi connectivity index (χ1) is 19.4. The molecule has 3 saturated carbocycles. The Labute approximate surface area is 249 Å². The molecule has 1 saturated heterocycles. The third-order valence-electron chi connectivity index (χ3n) is 13.5. The van der Waals surface area contributed by atoms with Gasteiger partial charge in [0.1, 0.15) is 24.4 Å². The van der Waals surface area contributed by atoms with Crippen LogP contribution in [0.15, 0.2) is 11.6 Å². The van der Waals surface area contributed by atoms with E-state index in [2.05, 4.69) is 47.6 Å². The van der Waals surface area contributed by atoms with Crippen molar-refractivity contribution in [2.45, 2.75) is 149 Å². The van der Waals surface area contributed by atoms with Gasteiger partial charge in [0.2, 0.25) is 0 Å². The molecule has 0 aromatic rings. The second kappa shape index (κ2) is 12.5. The van der Waals surface area contributed by atoms with Gasteiger partial charge in [0.15, 0.2) is 6.29 Å². The van der Waals surface area contributed by atoms with Crippen LogP contribution in [0.5, 0.6) is 0 Å². The van der Waals surface area contributed by atoms with Crippen LogP contribution in [0.2, 0.25) is 0 Å². The summed E-state index contributed by atoms with van der Waals surface area (Å²) < 4.78 is 11.9. The maximum absolute atomic E-state index is 10.5. The Morgan fingerprint density at radius 1 is 0.951 bits per heavy atom. The van der Waals surface area contributed by atoms with Crippen molar-refractivity contribution in [3.05, 3.63) is 11.6 Å². The molecule has 0 radical (unpaired) electrons. The molecule has 0 bridgehead atoms. The molecule has 0 amide bonds. The zero-order valence-electron chi connectivity index (χ0n) is 26.7. The summed E-state index contributed by atoms with van der Waals surface area (Å²) in [6, 6.07) is 0. The molecule has 1 aliphatic heterocycles. The lowest BCUT2D eigenvalue weighted by atomic mass is 9.47. The highest BCUT2D eigenvalue weighted by Gasteiger charge is 2.59. The second-order valence-electron chi connectivity index (χ2n) is 15.7. The molecule has 4 fully saturated rings. The van der Waals surface area contributed by atoms with E-state index in [0.717, 1.165) is 60.7 Å². The fourth-order valence-corrected chi connectivity index (χ4v) is 10.8. The largest absolute Gasteiger partial charge is 0.394 e. The van der Waals surface area contributed by atoms with E-state index < -0.39 is 37.3 Å². The van der Waals surface area contributed by atoms with E-state index in [9.17, 15) is 20.4 Å². The number of hydrogen-bond acceptors (Lipinski definition) is 6. The second-order valence-corrected chi connectivity index (χ2v) is 15.7. The van der Waals surface area contributed by atoms with E-state index in [1.807, 2.05) is 0 Å². The minimum absolute atomic E-state index is 0.101. The quantitative estimate of drug-likeness (QED) is 0.257. The Morgan fingerprint density at radius 2 is 1.71 bits per heavy atom. The summed E-state index contributed by atoms with van der Waals surface area (Å²) in [6.45, 7) is 14.5. The molecular weight excluding hydrogens is 516 g/mol. The van der Waals surface area contributed by atoms with E-state index in [-0.39, 0.29) is 11.5 Å². The van der Waals surface area contributed by atoms with Gasteiger partial charge < -0.3 is 29.9 Å². The lowest BCUT2D eigenvalue weighted by molar-refractivity contribution is -0.313. The molecule has 4 N–H and O–H groups in total. The Bertz CT molecular complexity index is 918. The number of fused-ring (bicyclic) bond motifs is 5. The van der Waals surface area contributed by atoms with E-state index in [0.29, 0.717) is 5.41 Å². The van der Waals surface area contributed by atoms with Gasteiger partial charge in [-0.15, -0.1) is 0 Å². The third kappa shape index (κ3) is 5.73. The molecule has 5 aliphatic rings. The van der Waals surface area contributed by atoms with Crippen LogP contribution in [-0.4, -0.2) is 63.8 Å². The van der Waals surface area contributed by atoms with Crippen LogP contribution < -0.4 is 0 Å². The summed E-state index contributed by atoms with van der Waals surface area (Å²) in [7, 11) is 0. The number of aliphatic hydroxyl groups is 4. The number of hydrogen-bond donors (Lipinski definition) is 4. The van der Waals surface area contributed by atoms with Gasteiger partial charge >= 0.3 is 0 Å². The van der Waals surface area contributed by atoms with Crippen molar-refractivity contribution >= 4 is 0 Å². The average Bonchev–Trinajstić information content (AvgIpc) is 3.30. The van der Waals surface area contributed by atoms with Crippen LogP contribution in [-0.2, 0) is 9.47 Å². The molecular formula is C35H60O6. The molecule has 14 atom stereocenters. The maximum atomic E-state index is 10.5. The summed E-state index contributed by atoms with van der Waals surface area (Å²) in [5.41, 5.74) is 2.19. The summed E-state index contributed by atoms with van der Waals surface area (Å²) in [5, 5.41) is 40.4. The summed E-state index contributed by atoms with van der Waals surface area (Å²) >= 11 is 0. The molecule has 236 valence electrons. The monoisotopic (exact) mass is 576 g/mol. The van der Waals surface area contributed by atoms with Gasteiger partial charge in [0.05, 0.1) is 12.7 Å². The van der Waals surface area contributed by atoms with Crippen molar-refractivity contribution in [1.29, 1.82) is 0 Å². The van der Waals surface area contributed by atoms with Crippen LogP contribution in [0.4, 0.5) is 0 Å². The van der Waals surface area contributed by atoms with Crippen LogP contribution in [0.25, 0.3) is 0 Å². The normalized spacial score (nSPS) is 47.7. The standard InChI is InChI=1S/C35H60O6/c1-7-22(20(2)3)9-8-21(4)26-12-13-27-25-11-10-23-18-24(14-16-34(23,5)28(25)15-17-35(26,27)6)40-33-32(39)31(38)30(37)29(19-36)41-33/h10,20-22,24-33,36-39H,7-9,11-19H2,1-6H3/t21?,22?,24-,25-,26?,27-,28-,29+,30+,31-,32+,33+,34-,35+/m0/s1. The van der Waals surface area contributed by atoms with Crippen LogP contribution in [0, 0.1) is 52.3 Å². The fourth-order valence-electron chi connectivity index (χ4n) is 10.8. The third-order valence-corrected chi connectivity index (χ3v) is 13.5. The molecule has 1 heterocycles. The average molecular weight is 577 g/mol. The molecule has 4 aliphatic carbocycles. The zero-order valence-corrected chi connectivity index (χ0v) is 26.7. The summed E-state index contributed by atoms with van der Waals surface area (Å²) in [4.78, 5) is 0. The smallest absolute Gasteiger partial charge is 0.186 e. The molecule has 3 unspecified atom stereocenters. The topological polar surface area (TPSA) is 99.4 Å². The van der Waals surface area contributed by atoms with Crippen molar-refractivity contribution in [3.8, 4) is 0 Å². The van der Waals surface area contributed by atoms with Gasteiger partial charge in [-0.25, -0.2) is 0 Å². The fraction of sp³-hybridized carbons (Fsp3) is 0.943. The molecule has 5 rings (SSSR count). The summed E-state index contributed by atoms with van der Waals surface area (Å²) in [6.07, 6.45) is 9.92. The highest BCUT2D eigenvalue weighted by molar-refractivity contribution is 5.25. The molecule has 0 aromatic carbocycles. The number of aliphatic hydroxyl groups excluding tert-OH is 4. The zero-order chi connectivity index (χ0) is 29.7. The molecule has 6 heteroatoms. The minimum Gasteiger partial charge on any atom is -0.394 e. The predicted molar refractivity (Wildman–Crippen MR) is 161 cm³/mol. The van der Waals surface area contributed by atoms with Gasteiger partial charge in [-0.1, -0.05) is 66.0 Å². The van der Waals surface area contributed by atoms with Gasteiger partial charge in [0.25, 0.3) is 0 Å². The number of allylic oxidation sites excluding steroid dienone is 1. The highest BCUT2D eigenvalue weighted by atomic mass is 16.7. The van der Waals surface area contributed by atoms with Crippen LogP contribution in [0.1, 0.15) is 112 Å². The van der Waals surface area contributed by atoms with Gasteiger partial charge in [-0.3, -0.25) is 0 Å². The van der Waals surface area contributed by atoms with Gasteiger partial charge in [-0.05, 0) is 110 Å². The van der Waals surface area contributed by atoms with Crippen molar-refractivity contribution in [1.82, 2.24) is 0 Å². The van der Waals surface area contributed by atoms with Crippen LogP contribution in [0.3, 0.4) is 0 Å². The first-order valence-electron chi connectivity index (χ1n) is 17.1. The van der Waals surface area contributed by atoms with E-state index in [4.69, 9.17) is 9.47 Å². The highest BCUT2D eigenvalue weighted by Crippen LogP contribution is 2.67. The van der Waals surface area contributed by atoms with Crippen molar-refractivity contribution < 1.29 is 29.9 Å². The SMILES string of the molecule is CCC(CCC(C)C1CC[C@H]2[C@@H]3CC=C4C[C@@H](O[C@@H]5O[C@H](CO)[C@@H](O)[C@H](O)[C@H]5O)CC[C@]4(C)[C@H]3CC[C@]12C)C(C)C. The van der Waals surface area contributed by atoms with E-state index in [1.54, 1.807) is 0 Å². The maximum Gasteiger partial charge on any atom is 0.186 e. The minimum atomic E-state index is -1.40. The summed E-state index contributed by atoms with van der Waals surface area (Å²) in [5.74, 6) is 5.66. The van der Waals surface area contributed by atoms with Gasteiger partial charge in [0, 0.05) is 0 Å². The molecule has 6 nitrogen and oxygen atoms in total. The Balaban J connectivity index is 1.24. The Kier molecular flexibility index (Phi) is 9.71. The molecule has 0 aromatic heterocycles. The van der Waals surface area contributed by atoms with Crippen LogP contribution >= 0.6 is 0 Å². The molecule has 0 spiro atoms. The molecule has 41 heavy (non-hydrogen) atoms. The van der Waals surface area contributed by atoms with Crippen molar-refractivity contribution in [2.24, 2.45) is 52.3 Å². The number of rotatable bonds is 9. The van der Waals surface area contributed by atoms with Crippen molar-refractivity contribution in [2.75, 3.05) is 6.61 Å². The number of ether oxygens (including phenoxy) is 2. The first-order valence-corrected chi connectivity index (χ1v) is 17.1. The Morgan fingerprint density at radius 3 is 2.39 bits per heavy atom. The lowest BCUT2D eigenvalue weighted by Crippen LogP contribution is -2.60. The Hall–Kier alpha value is -0.500. The van der Waals surface area contributed by atoms with Gasteiger partial charge in [-0.2, -0.15) is 0 Å². The predicted octanol–water partition coefficient (Wildman–Crippen LogP) is 5.85. The lowest BCUT2D eigenvalue weighted by Gasteiger charge is -2.58. The first kappa shape index (κ1) is 31.9. The van der Waals surface area contributed by atoms with Crippen molar-refractivity contribution in [3.63, 3.8) is 0 Å².